The maximum atomic E-state index is 11.8. The summed E-state index contributed by atoms with van der Waals surface area (Å²) in [6.45, 7) is 2.34. The summed E-state index contributed by atoms with van der Waals surface area (Å²) >= 11 is 0. The molecule has 0 aliphatic carbocycles. The number of amides is 1. The smallest absolute Gasteiger partial charge is 0.231 e. The zero-order valence-electron chi connectivity index (χ0n) is 9.76. The quantitative estimate of drug-likeness (QED) is 0.304. The van der Waals surface area contributed by atoms with Crippen molar-refractivity contribution in [2.75, 3.05) is 6.54 Å². The highest BCUT2D eigenvalue weighted by Crippen LogP contribution is 2.09. The zero-order valence-corrected chi connectivity index (χ0v) is 9.76. The Labute approximate surface area is 100 Å². The second kappa shape index (κ2) is 6.52. The van der Waals surface area contributed by atoms with Crippen LogP contribution < -0.4 is 11.1 Å². The van der Waals surface area contributed by atoms with Crippen LogP contribution >= 0.6 is 0 Å². The summed E-state index contributed by atoms with van der Waals surface area (Å²) in [6.07, 6.45) is 0.419. The Morgan fingerprint density at radius 1 is 1.47 bits per heavy atom. The molecule has 1 aromatic carbocycles. The van der Waals surface area contributed by atoms with Gasteiger partial charge in [0.25, 0.3) is 0 Å². The Morgan fingerprint density at radius 2 is 2.12 bits per heavy atom. The first-order chi connectivity index (χ1) is 8.19. The third-order valence-corrected chi connectivity index (χ3v) is 2.42. The Morgan fingerprint density at radius 3 is 2.65 bits per heavy atom. The van der Waals surface area contributed by atoms with Crippen molar-refractivity contribution < 1.29 is 10.0 Å². The second-order valence-corrected chi connectivity index (χ2v) is 3.66. The van der Waals surface area contributed by atoms with E-state index in [1.807, 2.05) is 37.3 Å². The molecule has 0 saturated heterocycles. The normalized spacial score (nSPS) is 13.1. The van der Waals surface area contributed by atoms with Gasteiger partial charge >= 0.3 is 0 Å². The van der Waals surface area contributed by atoms with Gasteiger partial charge in [0, 0.05) is 6.54 Å². The monoisotopic (exact) mass is 235 g/mol. The van der Waals surface area contributed by atoms with Crippen molar-refractivity contribution in [1.82, 2.24) is 5.32 Å². The number of carbonyl (C=O) groups is 1. The van der Waals surface area contributed by atoms with Crippen molar-refractivity contribution in [2.24, 2.45) is 16.8 Å². The third-order valence-electron chi connectivity index (χ3n) is 2.42. The molecule has 0 aromatic heterocycles. The van der Waals surface area contributed by atoms with Gasteiger partial charge in [-0.3, -0.25) is 4.79 Å². The summed E-state index contributed by atoms with van der Waals surface area (Å²) in [7, 11) is 0. The number of nitrogens with one attached hydrogen (secondary N) is 1. The molecule has 0 bridgehead atoms. The summed E-state index contributed by atoms with van der Waals surface area (Å²) < 4.78 is 0. The van der Waals surface area contributed by atoms with E-state index in [0.29, 0.717) is 13.0 Å². The van der Waals surface area contributed by atoms with Crippen LogP contribution in [-0.4, -0.2) is 23.5 Å². The van der Waals surface area contributed by atoms with Gasteiger partial charge in [0.15, 0.2) is 5.84 Å². The lowest BCUT2D eigenvalue weighted by molar-refractivity contribution is -0.122. The van der Waals surface area contributed by atoms with Gasteiger partial charge in [-0.1, -0.05) is 35.5 Å². The number of benzene rings is 1. The van der Waals surface area contributed by atoms with Crippen molar-refractivity contribution in [2.45, 2.75) is 13.3 Å². The van der Waals surface area contributed by atoms with Crippen molar-refractivity contribution in [3.05, 3.63) is 35.9 Å². The SMILES string of the molecule is CCNC(=O)C(Cc1ccccc1)/C(N)=N/O. The van der Waals surface area contributed by atoms with E-state index in [-0.39, 0.29) is 11.7 Å². The lowest BCUT2D eigenvalue weighted by Gasteiger charge is -2.14. The summed E-state index contributed by atoms with van der Waals surface area (Å²) in [4.78, 5) is 11.8. The largest absolute Gasteiger partial charge is 0.409 e. The van der Waals surface area contributed by atoms with Crippen LogP contribution in [0.4, 0.5) is 0 Å². The van der Waals surface area contributed by atoms with Crippen LogP contribution in [-0.2, 0) is 11.2 Å². The number of carbonyl (C=O) groups excluding carboxylic acids is 1. The van der Waals surface area contributed by atoms with Crippen LogP contribution in [0.5, 0.6) is 0 Å². The lowest BCUT2D eigenvalue weighted by atomic mass is 9.97. The number of hydrogen-bond acceptors (Lipinski definition) is 3. The first-order valence-electron chi connectivity index (χ1n) is 5.48. The molecule has 5 heteroatoms. The minimum Gasteiger partial charge on any atom is -0.409 e. The molecule has 0 spiro atoms. The average Bonchev–Trinajstić information content (AvgIpc) is 2.36. The second-order valence-electron chi connectivity index (χ2n) is 3.66. The summed E-state index contributed by atoms with van der Waals surface area (Å²) in [5.74, 6) is -0.936. The molecule has 0 heterocycles. The van der Waals surface area contributed by atoms with Gasteiger partial charge in [-0.2, -0.15) is 0 Å². The molecule has 0 saturated carbocycles. The Kier molecular flexibility index (Phi) is 5.00. The van der Waals surface area contributed by atoms with Crippen LogP contribution in [0.3, 0.4) is 0 Å². The summed E-state index contributed by atoms with van der Waals surface area (Å²) in [5, 5.41) is 14.3. The standard InChI is InChI=1S/C12H17N3O2/c1-2-14-12(16)10(11(13)15-17)8-9-6-4-3-5-7-9/h3-7,10,17H,2,8H2,1H3,(H2,13,15)(H,14,16). The van der Waals surface area contributed by atoms with E-state index >= 15 is 0 Å². The maximum absolute atomic E-state index is 11.8. The average molecular weight is 235 g/mol. The summed E-state index contributed by atoms with van der Waals surface area (Å²) in [6, 6.07) is 9.47. The number of nitrogens with two attached hydrogens (primary N) is 1. The molecular formula is C12H17N3O2. The van der Waals surface area contributed by atoms with E-state index < -0.39 is 5.92 Å². The zero-order chi connectivity index (χ0) is 12.7. The molecule has 5 nitrogen and oxygen atoms in total. The van der Waals surface area contributed by atoms with Crippen LogP contribution in [0, 0.1) is 5.92 Å². The Balaban J connectivity index is 2.81. The highest BCUT2D eigenvalue weighted by molar-refractivity contribution is 6.02. The van der Waals surface area contributed by atoms with Crippen LogP contribution in [0.1, 0.15) is 12.5 Å². The van der Waals surface area contributed by atoms with Crippen molar-refractivity contribution in [3.8, 4) is 0 Å². The molecule has 92 valence electrons. The fourth-order valence-electron chi connectivity index (χ4n) is 1.55. The van der Waals surface area contributed by atoms with Crippen molar-refractivity contribution in [3.63, 3.8) is 0 Å². The first-order valence-corrected chi connectivity index (χ1v) is 5.48. The highest BCUT2D eigenvalue weighted by Gasteiger charge is 2.22. The minimum absolute atomic E-state index is 0.0696. The lowest BCUT2D eigenvalue weighted by Crippen LogP contribution is -2.40. The van der Waals surface area contributed by atoms with E-state index in [1.54, 1.807) is 0 Å². The molecule has 0 fully saturated rings. The molecule has 1 amide bonds. The fraction of sp³-hybridized carbons (Fsp3) is 0.333. The number of amidine groups is 1. The van der Waals surface area contributed by atoms with Crippen LogP contribution in [0.2, 0.25) is 0 Å². The number of hydrogen-bond donors (Lipinski definition) is 3. The van der Waals surface area contributed by atoms with Gasteiger partial charge in [0.05, 0.1) is 0 Å². The molecule has 0 radical (unpaired) electrons. The van der Waals surface area contributed by atoms with E-state index in [4.69, 9.17) is 10.9 Å². The minimum atomic E-state index is -0.637. The predicted octanol–water partition coefficient (Wildman–Crippen LogP) is 0.728. The molecule has 1 unspecified atom stereocenters. The maximum Gasteiger partial charge on any atom is 0.231 e. The topological polar surface area (TPSA) is 87.7 Å². The summed E-state index contributed by atoms with van der Waals surface area (Å²) in [5.41, 5.74) is 6.50. The molecular weight excluding hydrogens is 218 g/mol. The highest BCUT2D eigenvalue weighted by atomic mass is 16.4. The molecule has 1 aromatic rings. The van der Waals surface area contributed by atoms with Gasteiger partial charge in [-0.25, -0.2) is 0 Å². The molecule has 17 heavy (non-hydrogen) atoms. The molecule has 0 aliphatic heterocycles. The van der Waals surface area contributed by atoms with Crippen LogP contribution in [0.15, 0.2) is 35.5 Å². The first kappa shape index (κ1) is 13.0. The van der Waals surface area contributed by atoms with Gasteiger partial charge in [-0.05, 0) is 18.9 Å². The fourth-order valence-corrected chi connectivity index (χ4v) is 1.55. The third kappa shape index (κ3) is 3.79. The van der Waals surface area contributed by atoms with Gasteiger partial charge in [-0.15, -0.1) is 0 Å². The van der Waals surface area contributed by atoms with Gasteiger partial charge in [0.1, 0.15) is 5.92 Å². The Hall–Kier alpha value is -2.04. The van der Waals surface area contributed by atoms with E-state index in [0.717, 1.165) is 5.56 Å². The van der Waals surface area contributed by atoms with Crippen molar-refractivity contribution in [1.29, 1.82) is 0 Å². The number of rotatable bonds is 5. The van der Waals surface area contributed by atoms with Crippen LogP contribution in [0.25, 0.3) is 0 Å². The Bertz CT molecular complexity index is 390. The van der Waals surface area contributed by atoms with E-state index in [1.165, 1.54) is 0 Å². The predicted molar refractivity (Wildman–Crippen MR) is 65.7 cm³/mol. The number of oxime groups is 1. The van der Waals surface area contributed by atoms with E-state index in [9.17, 15) is 4.79 Å². The van der Waals surface area contributed by atoms with Gasteiger partial charge < -0.3 is 16.3 Å². The van der Waals surface area contributed by atoms with Crippen molar-refractivity contribution >= 4 is 11.7 Å². The molecule has 4 N–H and O–H groups in total. The molecule has 0 aliphatic rings. The van der Waals surface area contributed by atoms with E-state index in [2.05, 4.69) is 10.5 Å². The number of nitrogens with zero attached hydrogens (tertiary/aromatic N) is 1. The molecule has 1 rings (SSSR count). The molecule has 1 atom stereocenters. The van der Waals surface area contributed by atoms with Gasteiger partial charge in [0.2, 0.25) is 5.91 Å².